The van der Waals surface area contributed by atoms with Crippen LogP contribution in [0.25, 0.3) is 0 Å². The van der Waals surface area contributed by atoms with Gasteiger partial charge in [0.2, 0.25) is 0 Å². The maximum Gasteiger partial charge on any atom is 0.261 e. The monoisotopic (exact) mass is 274 g/mol. The van der Waals surface area contributed by atoms with Crippen molar-refractivity contribution in [2.24, 2.45) is 0 Å². The summed E-state index contributed by atoms with van der Waals surface area (Å²) in [6.07, 6.45) is 0. The Kier molecular flexibility index (Phi) is 5.12. The molecule has 0 radical (unpaired) electrons. The first kappa shape index (κ1) is 13.4. The van der Waals surface area contributed by atoms with Gasteiger partial charge in [-0.25, -0.2) is 8.42 Å². The summed E-state index contributed by atoms with van der Waals surface area (Å²) in [4.78, 5) is 0.0674. The zero-order chi connectivity index (χ0) is 12.0. The van der Waals surface area contributed by atoms with E-state index in [1.807, 2.05) is 12.1 Å². The zero-order valence-corrected chi connectivity index (χ0v) is 10.8. The van der Waals surface area contributed by atoms with Crippen molar-refractivity contribution in [1.29, 1.82) is 0 Å². The van der Waals surface area contributed by atoms with Gasteiger partial charge in [0.15, 0.2) is 0 Å². The molecule has 0 N–H and O–H groups in total. The molecule has 0 unspecified atom stereocenters. The number of thiol groups is 1. The van der Waals surface area contributed by atoms with Gasteiger partial charge in [-0.3, -0.25) is 0 Å². The van der Waals surface area contributed by atoms with Crippen molar-refractivity contribution in [2.45, 2.75) is 10.6 Å². The summed E-state index contributed by atoms with van der Waals surface area (Å²) >= 11 is 4.16. The maximum absolute atomic E-state index is 11.1. The van der Waals surface area contributed by atoms with Crippen LogP contribution in [-0.2, 0) is 14.8 Å². The normalized spacial score (nSPS) is 10.6. The van der Waals surface area contributed by atoms with E-state index >= 15 is 0 Å². The fourth-order valence-corrected chi connectivity index (χ4v) is 2.04. The van der Waals surface area contributed by atoms with E-state index in [-0.39, 0.29) is 4.90 Å². The summed E-state index contributed by atoms with van der Waals surface area (Å²) in [5, 5.41) is 0. The molecule has 0 aromatic heterocycles. The molecule has 0 saturated heterocycles. The summed E-state index contributed by atoms with van der Waals surface area (Å²) in [5.41, 5.74) is 1.04. The minimum absolute atomic E-state index is 0.0674. The van der Waals surface area contributed by atoms with Crippen molar-refractivity contribution in [3.05, 3.63) is 54.1 Å². The van der Waals surface area contributed by atoms with Crippen LogP contribution in [0.3, 0.4) is 0 Å². The average Bonchev–Trinajstić information content (AvgIpc) is 2.23. The van der Waals surface area contributed by atoms with E-state index in [9.17, 15) is 8.42 Å². The van der Waals surface area contributed by atoms with E-state index in [0.29, 0.717) is 5.75 Å². The fraction of sp³-hybridized carbons (Fsp3) is 0.0909. The maximum atomic E-state index is 11.1. The third kappa shape index (κ3) is 4.43. The van der Waals surface area contributed by atoms with Gasteiger partial charge in [-0.15, -0.1) is 0 Å². The van der Waals surface area contributed by atoms with Crippen LogP contribution in [0, 0.1) is 0 Å². The van der Waals surface area contributed by atoms with Crippen LogP contribution >= 0.6 is 23.3 Å². The first-order chi connectivity index (χ1) is 7.54. The van der Waals surface area contributed by atoms with Crippen LogP contribution in [0.5, 0.6) is 0 Å². The van der Waals surface area contributed by atoms with Crippen LogP contribution in [0.4, 0.5) is 0 Å². The summed E-state index contributed by atoms with van der Waals surface area (Å²) < 4.78 is 22.3. The highest BCUT2D eigenvalue weighted by atomic mass is 35.7. The molecule has 0 amide bonds. The Balaban J connectivity index is 3.33. The number of hydrogen-bond acceptors (Lipinski definition) is 3. The number of hydrogen-bond donors (Lipinski definition) is 1. The van der Waals surface area contributed by atoms with Crippen molar-refractivity contribution < 1.29 is 8.42 Å². The van der Waals surface area contributed by atoms with Crippen LogP contribution in [0.2, 0.25) is 0 Å². The predicted molar refractivity (Wildman–Crippen MR) is 69.8 cm³/mol. The second-order valence-electron chi connectivity index (χ2n) is 3.01. The first-order valence-electron chi connectivity index (χ1n) is 4.52. The Bertz CT molecular complexity index is 483. The van der Waals surface area contributed by atoms with Crippen molar-refractivity contribution >= 4 is 32.4 Å². The molecular weight excluding hydrogens is 264 g/mol. The van der Waals surface area contributed by atoms with Gasteiger partial charge in [0.1, 0.15) is 0 Å². The van der Waals surface area contributed by atoms with E-state index < -0.39 is 9.05 Å². The first-order valence-corrected chi connectivity index (χ1v) is 7.46. The van der Waals surface area contributed by atoms with Gasteiger partial charge in [0.05, 0.1) is 4.90 Å². The Hall–Kier alpha value is -0.710. The van der Waals surface area contributed by atoms with Gasteiger partial charge in [0, 0.05) is 16.4 Å². The summed E-state index contributed by atoms with van der Waals surface area (Å²) in [6, 6.07) is 13.4. The predicted octanol–water partition coefficient (Wildman–Crippen LogP) is 3.17. The molecule has 0 saturated carbocycles. The van der Waals surface area contributed by atoms with Gasteiger partial charge >= 0.3 is 0 Å². The highest BCUT2D eigenvalue weighted by Crippen LogP contribution is 2.11. The third-order valence-corrected chi connectivity index (χ3v) is 3.56. The van der Waals surface area contributed by atoms with Gasteiger partial charge < -0.3 is 0 Å². The topological polar surface area (TPSA) is 34.1 Å². The largest absolute Gasteiger partial charge is 0.261 e. The quantitative estimate of drug-likeness (QED) is 0.664. The Morgan fingerprint density at radius 3 is 1.81 bits per heavy atom. The molecule has 86 valence electrons. The molecular formula is C11H11ClO2S2. The molecule has 0 bridgehead atoms. The highest BCUT2D eigenvalue weighted by Gasteiger charge is 2.05. The molecule has 0 heterocycles. The molecule has 1 aromatic carbocycles. The molecule has 0 aliphatic rings. The van der Waals surface area contributed by atoms with E-state index in [2.05, 4.69) is 12.6 Å². The van der Waals surface area contributed by atoms with Crippen LogP contribution in [0.15, 0.2) is 53.4 Å². The molecule has 0 spiro atoms. The summed E-state index contributed by atoms with van der Waals surface area (Å²) in [5.74, 6) is 0.624. The van der Waals surface area contributed by atoms with Crippen LogP contribution in [-0.4, -0.2) is 8.42 Å². The minimum Gasteiger partial charge on any atom is -0.207 e. The average molecular weight is 275 g/mol. The van der Waals surface area contributed by atoms with Crippen molar-refractivity contribution in [3.63, 3.8) is 0 Å². The molecule has 0 aliphatic heterocycles. The van der Waals surface area contributed by atoms with Crippen LogP contribution < -0.4 is 0 Å². The van der Waals surface area contributed by atoms with Gasteiger partial charge in [-0.1, -0.05) is 36.4 Å². The highest BCUT2D eigenvalue weighted by molar-refractivity contribution is 8.13. The lowest BCUT2D eigenvalue weighted by atomic mass is 10.3. The lowest BCUT2D eigenvalue weighted by Gasteiger charge is -1.91. The Morgan fingerprint density at radius 1 is 1.00 bits per heavy atom. The third-order valence-electron chi connectivity index (χ3n) is 1.83. The van der Waals surface area contributed by atoms with Gasteiger partial charge in [-0.05, 0) is 17.7 Å². The van der Waals surface area contributed by atoms with E-state index in [1.165, 1.54) is 12.1 Å². The summed E-state index contributed by atoms with van der Waals surface area (Å²) in [7, 11) is 1.57. The second-order valence-corrected chi connectivity index (χ2v) is 5.89. The standard InChI is InChI=1S/C11H11ClO2S2/c12-16(13,14)11-7-3-1-5-10(9-15)6-2-4-8-11/h1-8,15H,9H2. The van der Waals surface area contributed by atoms with Crippen molar-refractivity contribution in [1.82, 2.24) is 0 Å². The molecule has 0 fully saturated rings. The van der Waals surface area contributed by atoms with Gasteiger partial charge in [-0.2, -0.15) is 12.6 Å². The van der Waals surface area contributed by atoms with E-state index in [1.54, 1.807) is 24.3 Å². The molecule has 1 rings (SSSR count). The second kappa shape index (κ2) is 6.13. The SMILES string of the molecule is O=S(=O)(Cl)c1ccccc(CS)cccc1. The van der Waals surface area contributed by atoms with Crippen molar-refractivity contribution in [3.8, 4) is 0 Å². The zero-order valence-electron chi connectivity index (χ0n) is 8.38. The smallest absolute Gasteiger partial charge is 0.207 e. The van der Waals surface area contributed by atoms with E-state index in [0.717, 1.165) is 5.56 Å². The van der Waals surface area contributed by atoms with Gasteiger partial charge in [0.25, 0.3) is 9.05 Å². The van der Waals surface area contributed by atoms with Crippen LogP contribution in [0.1, 0.15) is 5.56 Å². The molecule has 16 heavy (non-hydrogen) atoms. The molecule has 1 aromatic rings. The van der Waals surface area contributed by atoms with Crippen molar-refractivity contribution in [2.75, 3.05) is 0 Å². The minimum atomic E-state index is -3.69. The Labute approximate surface area is 105 Å². The Morgan fingerprint density at radius 2 is 1.44 bits per heavy atom. The number of halogens is 1. The molecule has 0 atom stereocenters. The molecule has 0 aliphatic carbocycles. The summed E-state index contributed by atoms with van der Waals surface area (Å²) in [6.45, 7) is 0. The lowest BCUT2D eigenvalue weighted by molar-refractivity contribution is 0.609. The molecule has 2 nitrogen and oxygen atoms in total. The lowest BCUT2D eigenvalue weighted by Crippen LogP contribution is -1.87. The molecule has 5 heteroatoms. The number of rotatable bonds is 2. The van der Waals surface area contributed by atoms with E-state index in [4.69, 9.17) is 10.7 Å². The fourth-order valence-electron chi connectivity index (χ4n) is 1.04.